The summed E-state index contributed by atoms with van der Waals surface area (Å²) in [5.74, 6) is -1.70. The highest BCUT2D eigenvalue weighted by molar-refractivity contribution is 6.05. The largest absolute Gasteiger partial charge is 0.494 e. The number of fused-ring (bicyclic) bond motifs is 1. The molecule has 2 amide bonds. The van der Waals surface area contributed by atoms with Crippen molar-refractivity contribution in [2.24, 2.45) is 11.7 Å². The van der Waals surface area contributed by atoms with Crippen molar-refractivity contribution in [2.75, 3.05) is 25.2 Å². The summed E-state index contributed by atoms with van der Waals surface area (Å²) in [6, 6.07) is 13.0. The Bertz CT molecular complexity index is 1430. The van der Waals surface area contributed by atoms with Crippen molar-refractivity contribution in [3.8, 4) is 5.75 Å². The van der Waals surface area contributed by atoms with Gasteiger partial charge in [-0.2, -0.15) is 0 Å². The van der Waals surface area contributed by atoms with Gasteiger partial charge in [0.1, 0.15) is 23.4 Å². The van der Waals surface area contributed by atoms with Crippen LogP contribution in [0.5, 0.6) is 5.75 Å². The summed E-state index contributed by atoms with van der Waals surface area (Å²) >= 11 is 0. The molecule has 2 aromatic carbocycles. The van der Waals surface area contributed by atoms with Crippen LogP contribution in [0.15, 0.2) is 48.5 Å². The highest BCUT2D eigenvalue weighted by atomic mass is 16.5. The number of ether oxygens (including phenoxy) is 2. The summed E-state index contributed by atoms with van der Waals surface area (Å²) in [5, 5.41) is 10.9. The molecule has 1 aliphatic rings. The Balaban J connectivity index is 1.37. The van der Waals surface area contributed by atoms with E-state index in [0.717, 1.165) is 5.39 Å². The normalized spacial score (nSPS) is 15.6. The van der Waals surface area contributed by atoms with E-state index in [1.54, 1.807) is 36.1 Å². The number of nitrogen functional groups attached to an aromatic ring is 1. The molecule has 3 aromatic rings. The third-order valence-corrected chi connectivity index (χ3v) is 6.96. The van der Waals surface area contributed by atoms with Crippen molar-refractivity contribution in [3.05, 3.63) is 59.8 Å². The highest BCUT2D eigenvalue weighted by Crippen LogP contribution is 2.30. The number of ketones is 1. The summed E-state index contributed by atoms with van der Waals surface area (Å²) in [6.07, 6.45) is 0.589. The molecule has 0 spiro atoms. The number of nitrogens with zero attached hydrogens (tertiary/aromatic N) is 1. The predicted molar refractivity (Wildman–Crippen MR) is 150 cm³/mol. The van der Waals surface area contributed by atoms with E-state index in [1.165, 1.54) is 7.11 Å². The molecule has 210 valence electrons. The topological polar surface area (TPSA) is 168 Å². The number of nitrogens with two attached hydrogens (primary N) is 1. The van der Waals surface area contributed by atoms with E-state index in [2.05, 4.69) is 10.3 Å². The number of hydrogen-bond acceptors (Lipinski definition) is 7. The molecule has 1 unspecified atom stereocenters. The maximum atomic E-state index is 13.1. The third kappa shape index (κ3) is 6.14. The fourth-order valence-corrected chi connectivity index (χ4v) is 4.90. The van der Waals surface area contributed by atoms with Gasteiger partial charge in [-0.1, -0.05) is 12.1 Å². The van der Waals surface area contributed by atoms with Gasteiger partial charge in [-0.3, -0.25) is 19.8 Å². The highest BCUT2D eigenvalue weighted by Gasteiger charge is 2.34. The minimum Gasteiger partial charge on any atom is -0.494 e. The first kappa shape index (κ1) is 28.3. The van der Waals surface area contributed by atoms with Crippen molar-refractivity contribution in [1.29, 1.82) is 5.41 Å². The number of carbonyl (C=O) groups is 4. The second kappa shape index (κ2) is 12.5. The monoisotopic (exact) mass is 547 g/mol. The second-order valence-electron chi connectivity index (χ2n) is 9.57. The third-order valence-electron chi connectivity index (χ3n) is 6.96. The maximum absolute atomic E-state index is 13.1. The zero-order valence-electron chi connectivity index (χ0n) is 22.5. The van der Waals surface area contributed by atoms with Gasteiger partial charge >= 0.3 is 5.97 Å². The number of para-hydroxylation sites is 1. The first-order chi connectivity index (χ1) is 19.2. The number of methoxy groups -OCH3 is 1. The summed E-state index contributed by atoms with van der Waals surface area (Å²) in [6.45, 7) is 2.26. The number of benzene rings is 2. The molecule has 0 saturated carbocycles. The lowest BCUT2D eigenvalue weighted by molar-refractivity contribution is -0.145. The Morgan fingerprint density at radius 2 is 1.90 bits per heavy atom. The number of aromatic nitrogens is 1. The van der Waals surface area contributed by atoms with Gasteiger partial charge in [-0.25, -0.2) is 4.79 Å². The molecule has 40 heavy (non-hydrogen) atoms. The Kier molecular flexibility index (Phi) is 8.83. The van der Waals surface area contributed by atoms with Gasteiger partial charge in [-0.15, -0.1) is 0 Å². The first-order valence-electron chi connectivity index (χ1n) is 13.1. The van der Waals surface area contributed by atoms with E-state index in [4.69, 9.17) is 20.6 Å². The number of esters is 1. The molecule has 0 radical (unpaired) electrons. The summed E-state index contributed by atoms with van der Waals surface area (Å²) in [5.41, 5.74) is 7.61. The molecule has 1 fully saturated rings. The van der Waals surface area contributed by atoms with Crippen molar-refractivity contribution < 1.29 is 28.7 Å². The lowest BCUT2D eigenvalue weighted by atomic mass is 9.97. The smallest absolute Gasteiger partial charge is 0.328 e. The van der Waals surface area contributed by atoms with Crippen LogP contribution in [0.1, 0.15) is 48.7 Å². The van der Waals surface area contributed by atoms with Crippen LogP contribution >= 0.6 is 0 Å². The fraction of sp³-hybridized carbons (Fsp3) is 0.345. The molecule has 1 aromatic heterocycles. The van der Waals surface area contributed by atoms with E-state index >= 15 is 0 Å². The summed E-state index contributed by atoms with van der Waals surface area (Å²) in [4.78, 5) is 56.3. The minimum atomic E-state index is -1.05. The van der Waals surface area contributed by atoms with Crippen molar-refractivity contribution in [2.45, 2.75) is 38.6 Å². The van der Waals surface area contributed by atoms with Crippen molar-refractivity contribution in [1.82, 2.24) is 10.3 Å². The van der Waals surface area contributed by atoms with Crippen molar-refractivity contribution in [3.63, 3.8) is 0 Å². The van der Waals surface area contributed by atoms with E-state index in [1.807, 2.05) is 24.3 Å². The van der Waals surface area contributed by atoms with Crippen LogP contribution in [-0.4, -0.2) is 60.7 Å². The average Bonchev–Trinajstić information content (AvgIpc) is 3.51. The minimum absolute atomic E-state index is 0.00924. The number of amides is 2. The zero-order valence-corrected chi connectivity index (χ0v) is 22.5. The van der Waals surface area contributed by atoms with Gasteiger partial charge in [0.25, 0.3) is 5.91 Å². The molecule has 1 saturated heterocycles. The number of amidine groups is 1. The Morgan fingerprint density at radius 3 is 2.58 bits per heavy atom. The summed E-state index contributed by atoms with van der Waals surface area (Å²) in [7, 11) is 1.46. The number of Topliss-reactive ketones (excluding diaryl/α,β-unsaturated/α-hetero) is 1. The van der Waals surface area contributed by atoms with Crippen molar-refractivity contribution >= 4 is 46.0 Å². The summed E-state index contributed by atoms with van der Waals surface area (Å²) < 4.78 is 10.6. The number of H-pyrrole nitrogens is 1. The molecule has 11 nitrogen and oxygen atoms in total. The molecule has 0 aliphatic carbocycles. The zero-order chi connectivity index (χ0) is 28.8. The van der Waals surface area contributed by atoms with E-state index in [9.17, 15) is 19.2 Å². The van der Waals surface area contributed by atoms with Gasteiger partial charge in [0, 0.05) is 47.5 Å². The van der Waals surface area contributed by atoms with Crippen LogP contribution in [0.2, 0.25) is 0 Å². The second-order valence-corrected chi connectivity index (χ2v) is 9.57. The van der Waals surface area contributed by atoms with Gasteiger partial charge < -0.3 is 30.4 Å². The van der Waals surface area contributed by atoms with Crippen LogP contribution in [0.4, 0.5) is 5.69 Å². The Morgan fingerprint density at radius 1 is 1.18 bits per heavy atom. The molecule has 2 atom stereocenters. The number of hydrogen-bond donors (Lipinski definition) is 4. The van der Waals surface area contributed by atoms with Crippen LogP contribution in [0.3, 0.4) is 0 Å². The van der Waals surface area contributed by atoms with Crippen LogP contribution < -0.4 is 20.7 Å². The van der Waals surface area contributed by atoms with Crippen LogP contribution in [0, 0.1) is 11.3 Å². The lowest BCUT2D eigenvalue weighted by Gasteiger charge is -2.18. The molecule has 5 N–H and O–H groups in total. The molecule has 4 rings (SSSR count). The van der Waals surface area contributed by atoms with Gasteiger partial charge in [-0.05, 0) is 56.2 Å². The number of aromatic amines is 1. The first-order valence-corrected chi connectivity index (χ1v) is 13.1. The van der Waals surface area contributed by atoms with Gasteiger partial charge in [0.15, 0.2) is 5.75 Å². The quantitative estimate of drug-likeness (QED) is 0.154. The predicted octanol–water partition coefficient (Wildman–Crippen LogP) is 2.91. The van der Waals surface area contributed by atoms with E-state index in [0.29, 0.717) is 35.5 Å². The molecule has 0 bridgehead atoms. The lowest BCUT2D eigenvalue weighted by Crippen LogP contribution is -2.42. The molecule has 1 aliphatic heterocycles. The molecule has 11 heteroatoms. The molecular weight excluding hydrogens is 514 g/mol. The Labute approximate surface area is 231 Å². The molecular formula is C29H33N5O6. The number of nitrogens with one attached hydrogen (secondary N) is 3. The van der Waals surface area contributed by atoms with E-state index in [-0.39, 0.29) is 49.1 Å². The van der Waals surface area contributed by atoms with Gasteiger partial charge in [0.2, 0.25) is 5.91 Å². The SMILES string of the molecule is CCOC(=O)[C@H](CCC(=O)CC1CCN(c2ccc(C(=N)N)cc2)C1=O)NC(=O)c1[nH]c2ccccc2c1OC. The van der Waals surface area contributed by atoms with Crippen LogP contribution in [0.25, 0.3) is 10.9 Å². The van der Waals surface area contributed by atoms with Crippen LogP contribution in [-0.2, 0) is 19.1 Å². The fourth-order valence-electron chi connectivity index (χ4n) is 4.90. The standard InChI is InChI=1S/C29H33N5O6/c1-3-40-29(38)23(33-27(36)24-25(39-2)21-6-4-5-7-22(21)32-24)13-12-20(35)16-18-14-15-34(28(18)37)19-10-8-17(9-11-19)26(30)31/h4-11,18,23,32H,3,12-16H2,1-2H3,(H3,30,31)(H,33,36)/t18?,23-/m0/s1. The number of carbonyl (C=O) groups excluding carboxylic acids is 4. The number of rotatable bonds is 12. The van der Waals surface area contributed by atoms with E-state index < -0.39 is 23.8 Å². The molecule has 2 heterocycles. The maximum Gasteiger partial charge on any atom is 0.328 e. The van der Waals surface area contributed by atoms with Gasteiger partial charge in [0.05, 0.1) is 13.7 Å². The number of anilines is 1. The Hall–Kier alpha value is -4.67. The average molecular weight is 548 g/mol.